The van der Waals surface area contributed by atoms with E-state index >= 15 is 56.3 Å². The van der Waals surface area contributed by atoms with Gasteiger partial charge in [-0.3, -0.25) is 57.5 Å². The molecule has 33 heteroatoms. The van der Waals surface area contributed by atoms with Crippen LogP contribution in [-0.4, -0.2) is 307 Å². The second kappa shape index (κ2) is 38.5. The molecule has 8 aliphatic rings. The highest BCUT2D eigenvalue weighted by molar-refractivity contribution is 6.01. The summed E-state index contributed by atoms with van der Waals surface area (Å²) in [5.74, 6) is -15.5. The van der Waals surface area contributed by atoms with Gasteiger partial charge in [0.05, 0.1) is 38.8 Å². The Morgan fingerprint density at radius 2 is 1.26 bits per heavy atom. The molecule has 8 fully saturated rings. The van der Waals surface area contributed by atoms with E-state index < -0.39 is 237 Å². The molecular weight excluding hydrogens is 1440 g/mol. The van der Waals surface area contributed by atoms with Crippen LogP contribution in [0.3, 0.4) is 0 Å². The maximum absolute atomic E-state index is 16.1. The predicted molar refractivity (Wildman–Crippen MR) is 386 cm³/mol. The van der Waals surface area contributed by atoms with Gasteiger partial charge in [-0.15, -0.1) is 0 Å². The third-order valence-corrected chi connectivity index (χ3v) is 24.6. The number of likely N-dealkylation sites (N-methyl/N-ethyl adjacent to an activating group) is 6. The number of halogens is 7. The number of amides is 12. The number of fused-ring (bicyclic) bond motifs is 3. The van der Waals surface area contributed by atoms with Crippen LogP contribution in [-0.2, 0) is 67.0 Å². The van der Waals surface area contributed by atoms with Crippen molar-refractivity contribution in [2.45, 2.75) is 273 Å². The fourth-order valence-electron chi connectivity index (χ4n) is 17.6. The minimum Gasteiger partial charge on any atom is -0.378 e. The Morgan fingerprint density at radius 3 is 1.85 bits per heavy atom. The summed E-state index contributed by atoms with van der Waals surface area (Å²) in [6.07, 6.45) is -14.0. The number of nitrogens with zero attached hydrogens (tertiary/aromatic N) is 9. The lowest BCUT2D eigenvalue weighted by Crippen LogP contribution is -2.68. The van der Waals surface area contributed by atoms with Crippen LogP contribution >= 0.6 is 0 Å². The quantitative estimate of drug-likeness (QED) is 0.193. The molecule has 0 radical (unpaired) electrons. The van der Waals surface area contributed by atoms with Crippen LogP contribution in [0.2, 0.25) is 0 Å². The molecule has 0 aromatic rings. The van der Waals surface area contributed by atoms with Crippen molar-refractivity contribution in [3.63, 3.8) is 0 Å². The van der Waals surface area contributed by atoms with E-state index in [-0.39, 0.29) is 110 Å². The van der Waals surface area contributed by atoms with Crippen LogP contribution in [0.15, 0.2) is 0 Å². The number of rotatable bonds is 13. The summed E-state index contributed by atoms with van der Waals surface area (Å²) in [6.45, 7) is 7.60. The zero-order valence-corrected chi connectivity index (χ0v) is 65.5. The lowest BCUT2D eigenvalue weighted by atomic mass is 9.74. The summed E-state index contributed by atoms with van der Waals surface area (Å²) in [4.78, 5) is 193. The van der Waals surface area contributed by atoms with Gasteiger partial charge in [0.1, 0.15) is 84.5 Å². The maximum atomic E-state index is 16.1. The van der Waals surface area contributed by atoms with E-state index in [1.165, 1.54) is 66.8 Å². The summed E-state index contributed by atoms with van der Waals surface area (Å²) < 4.78 is 116. The molecule has 8 rings (SSSR count). The molecule has 0 aromatic carbocycles. The number of carbonyl (C=O) groups excluding carboxylic acids is 12. The number of carbonyl (C=O) groups is 12. The second-order valence-electron chi connectivity index (χ2n) is 32.6. The van der Waals surface area contributed by atoms with Gasteiger partial charge in [-0.25, -0.2) is 17.6 Å². The average molecular weight is 1560 g/mol. The topological polar surface area (TPSA) is 289 Å². The Hall–Kier alpha value is -6.93. The first-order chi connectivity index (χ1) is 51.4. The van der Waals surface area contributed by atoms with Crippen LogP contribution in [0.1, 0.15) is 182 Å². The number of alkyl halides is 7. The summed E-state index contributed by atoms with van der Waals surface area (Å²) in [5.41, 5.74) is -1.69. The van der Waals surface area contributed by atoms with E-state index in [2.05, 4.69) is 16.0 Å². The van der Waals surface area contributed by atoms with Gasteiger partial charge < -0.3 is 69.5 Å². The van der Waals surface area contributed by atoms with E-state index in [1.807, 2.05) is 13.8 Å². The lowest BCUT2D eigenvalue weighted by molar-refractivity contribution is -0.219. The van der Waals surface area contributed by atoms with Crippen LogP contribution < -0.4 is 16.0 Å². The standard InChI is InChI=1S/C76H119F7N12O14/c1-12-45(5)64-72(105)88(7)43-62(98)89(8)55-22-15-14-18-29-94(71(55)104)59(37-48-24-25-49(77)38-51(48)78)69(102)87(6)42-60(96)84-54(26-23-46-35-52(79)63(53(80)36-46)76(81,82)83)68(101)95-41-50(109-13-2)39-57(95)67(100)86-75(27-19-28-75)74(107)92(11)65(47-20-16-17-21-47)73(106)91(10)58(70(103)93-30-32-108-33-31-93)40-61(97)90(9)56(34-44(3)4)66(99)85-64/h44-59,63-65H,12-43H2,1-11H3,(H,84,96)(H,85,99)(H,86,100)/t45-,46?,48?,49?,50+,51?,52?,53?,54-,55-,56-,57-,58-,59-,63?,64-,65-/m0/s1. The van der Waals surface area contributed by atoms with Crippen LogP contribution in [0, 0.1) is 35.5 Å². The van der Waals surface area contributed by atoms with Gasteiger partial charge in [0.15, 0.2) is 0 Å². The Morgan fingerprint density at radius 1 is 0.615 bits per heavy atom. The van der Waals surface area contributed by atoms with E-state index in [1.54, 1.807) is 20.8 Å². The van der Waals surface area contributed by atoms with Gasteiger partial charge in [-0.1, -0.05) is 59.8 Å². The molecule has 109 heavy (non-hydrogen) atoms. The van der Waals surface area contributed by atoms with Crippen molar-refractivity contribution in [2.75, 3.05) is 101 Å². The van der Waals surface area contributed by atoms with Crippen molar-refractivity contribution in [3.8, 4) is 0 Å². The average Bonchev–Trinajstić information content (AvgIpc) is 1.45. The minimum atomic E-state index is -5.21. The summed E-state index contributed by atoms with van der Waals surface area (Å²) in [6, 6.07) is -11.3. The fourth-order valence-corrected chi connectivity index (χ4v) is 17.6. The molecule has 15 atom stereocenters. The predicted octanol–water partition coefficient (Wildman–Crippen LogP) is 5.45. The molecule has 5 unspecified atom stereocenters. The van der Waals surface area contributed by atoms with Crippen LogP contribution in [0.25, 0.3) is 0 Å². The number of nitrogens with one attached hydrogen (secondary N) is 3. The molecule has 4 saturated carbocycles. The maximum Gasteiger partial charge on any atom is 0.397 e. The zero-order chi connectivity index (χ0) is 80.3. The number of hydrogen-bond donors (Lipinski definition) is 3. The molecule has 616 valence electrons. The first-order valence-corrected chi connectivity index (χ1v) is 39.6. The smallest absolute Gasteiger partial charge is 0.378 e. The SMILES string of the molecule is CCO[C@@H]1C[C@H]2C(=O)NC3(CCC3)C(=O)N(C)[C@@H](C3CCCC3)C(=O)N(C)[C@H](C(=O)N3CCOCC3)CC(=O)N(C)[C@@H](CC(C)C)C(=O)N[C@@H]([C@@H](C)CC)C(=O)N(C)CC(=O)N(C)[C@H]3CCCCCN(C3=O)[C@@H](CC3CCC(F)CC3F)C(=O)N(C)CC(=O)N[C@@H](CCC3CC(F)C(C(F)(F)F)C(F)C3)C(=O)N2C1. The van der Waals surface area contributed by atoms with Crippen molar-refractivity contribution < 1.29 is 97.7 Å². The third-order valence-electron chi connectivity index (χ3n) is 24.6. The van der Waals surface area contributed by atoms with Gasteiger partial charge >= 0.3 is 6.18 Å². The first kappa shape index (κ1) is 87.6. The molecule has 4 heterocycles. The molecule has 12 amide bonds. The molecular formula is C76H119F7N12O14. The van der Waals surface area contributed by atoms with Gasteiger partial charge in [0, 0.05) is 87.9 Å². The van der Waals surface area contributed by atoms with Crippen molar-refractivity contribution in [2.24, 2.45) is 35.5 Å². The molecule has 2 bridgehead atoms. The van der Waals surface area contributed by atoms with Crippen molar-refractivity contribution in [3.05, 3.63) is 0 Å². The number of hydrogen-bond acceptors (Lipinski definition) is 14. The van der Waals surface area contributed by atoms with Crippen molar-refractivity contribution >= 4 is 70.9 Å². The summed E-state index contributed by atoms with van der Waals surface area (Å²) in [5, 5.41) is 8.47. The Kier molecular flexibility index (Phi) is 31.0. The first-order valence-electron chi connectivity index (χ1n) is 39.6. The normalized spacial score (nSPS) is 33.1. The zero-order valence-electron chi connectivity index (χ0n) is 65.5. The highest BCUT2D eigenvalue weighted by Crippen LogP contribution is 2.45. The largest absolute Gasteiger partial charge is 0.397 e. The monoisotopic (exact) mass is 1560 g/mol. The van der Waals surface area contributed by atoms with Crippen molar-refractivity contribution in [1.29, 1.82) is 0 Å². The van der Waals surface area contributed by atoms with E-state index in [0.717, 1.165) is 19.6 Å². The Bertz CT molecular complexity index is 3210. The van der Waals surface area contributed by atoms with Gasteiger partial charge in [-0.05, 0) is 133 Å². The highest BCUT2D eigenvalue weighted by Gasteiger charge is 2.56. The summed E-state index contributed by atoms with van der Waals surface area (Å²) in [7, 11) is 8.13. The fraction of sp³-hybridized carbons (Fsp3) is 0.842. The van der Waals surface area contributed by atoms with Crippen LogP contribution in [0.5, 0.6) is 0 Å². The van der Waals surface area contributed by atoms with Gasteiger partial charge in [0.25, 0.3) is 0 Å². The molecule has 0 aromatic heterocycles. The molecule has 26 nitrogen and oxygen atoms in total. The Balaban J connectivity index is 1.21. The van der Waals surface area contributed by atoms with E-state index in [4.69, 9.17) is 9.47 Å². The Labute approximate surface area is 636 Å². The molecule has 4 aliphatic carbocycles. The molecule has 4 aliphatic heterocycles. The molecule has 1 spiro atoms. The van der Waals surface area contributed by atoms with E-state index in [0.29, 0.717) is 57.8 Å². The van der Waals surface area contributed by atoms with Gasteiger partial charge in [-0.2, -0.15) is 13.2 Å². The number of morpholine rings is 1. The van der Waals surface area contributed by atoms with Crippen molar-refractivity contribution in [1.82, 2.24) is 60.0 Å². The highest BCUT2D eigenvalue weighted by atomic mass is 19.4. The minimum absolute atomic E-state index is 0.0220. The van der Waals surface area contributed by atoms with Gasteiger partial charge in [0.2, 0.25) is 70.9 Å². The summed E-state index contributed by atoms with van der Waals surface area (Å²) >= 11 is 0. The van der Waals surface area contributed by atoms with E-state index in [9.17, 15) is 31.9 Å². The molecule has 3 N–H and O–H groups in total. The number of ether oxygens (including phenoxy) is 2. The lowest BCUT2D eigenvalue weighted by Gasteiger charge is -2.47. The second-order valence-corrected chi connectivity index (χ2v) is 32.6. The third kappa shape index (κ3) is 21.2. The van der Waals surface area contributed by atoms with Crippen LogP contribution in [0.4, 0.5) is 30.7 Å². The molecule has 4 saturated heterocycles.